The van der Waals surface area contributed by atoms with Crippen molar-refractivity contribution in [2.45, 2.75) is 6.54 Å². The molecule has 0 saturated carbocycles. The van der Waals surface area contributed by atoms with Crippen molar-refractivity contribution in [3.63, 3.8) is 0 Å². The number of nitrogens with one attached hydrogen (secondary N) is 2. The van der Waals surface area contributed by atoms with Crippen LogP contribution >= 0.6 is 0 Å². The van der Waals surface area contributed by atoms with Gasteiger partial charge in [-0.1, -0.05) is 42.5 Å². The molecule has 0 radical (unpaired) electrons. The molecule has 3 aromatic rings. The van der Waals surface area contributed by atoms with Gasteiger partial charge in [0.05, 0.1) is 19.0 Å². The van der Waals surface area contributed by atoms with E-state index in [1.807, 2.05) is 42.5 Å². The van der Waals surface area contributed by atoms with Gasteiger partial charge in [-0.25, -0.2) is 5.43 Å². The highest BCUT2D eigenvalue weighted by Gasteiger charge is 2.12. The molecule has 6 nitrogen and oxygen atoms in total. The zero-order valence-corrected chi connectivity index (χ0v) is 12.7. The van der Waals surface area contributed by atoms with Gasteiger partial charge in [0.2, 0.25) is 0 Å². The first kappa shape index (κ1) is 15.5. The standard InChI is InChI=1S/C18H15N3O3/c22-17(19-12-15-8-4-10-24-15)18(23)21-20-11-14-7-3-6-13-5-1-2-9-16(13)14/h1-11H,12H2,(H,19,22)(H,21,23)/b20-11+. The number of fused-ring (bicyclic) bond motifs is 1. The summed E-state index contributed by atoms with van der Waals surface area (Å²) in [5.74, 6) is -1.05. The first-order valence-corrected chi connectivity index (χ1v) is 7.35. The second-order valence-electron chi connectivity index (χ2n) is 5.03. The highest BCUT2D eigenvalue weighted by Crippen LogP contribution is 2.16. The van der Waals surface area contributed by atoms with Crippen molar-refractivity contribution in [3.8, 4) is 0 Å². The number of rotatable bonds is 4. The summed E-state index contributed by atoms with van der Waals surface area (Å²) in [5.41, 5.74) is 3.06. The molecule has 0 fully saturated rings. The van der Waals surface area contributed by atoms with Crippen LogP contribution in [-0.4, -0.2) is 18.0 Å². The summed E-state index contributed by atoms with van der Waals surface area (Å²) in [7, 11) is 0. The molecular formula is C18H15N3O3. The average Bonchev–Trinajstić information content (AvgIpc) is 3.13. The van der Waals surface area contributed by atoms with E-state index in [2.05, 4.69) is 15.8 Å². The topological polar surface area (TPSA) is 83.7 Å². The fraction of sp³-hybridized carbons (Fsp3) is 0.0556. The number of hydrogen-bond donors (Lipinski definition) is 2. The zero-order valence-electron chi connectivity index (χ0n) is 12.7. The van der Waals surface area contributed by atoms with Crippen LogP contribution in [0.25, 0.3) is 10.8 Å². The Hall–Kier alpha value is -3.41. The van der Waals surface area contributed by atoms with Crippen LogP contribution in [0, 0.1) is 0 Å². The van der Waals surface area contributed by atoms with Gasteiger partial charge in [0.15, 0.2) is 0 Å². The minimum absolute atomic E-state index is 0.145. The number of hydrazone groups is 1. The molecule has 24 heavy (non-hydrogen) atoms. The molecule has 3 rings (SSSR count). The van der Waals surface area contributed by atoms with Crippen molar-refractivity contribution >= 4 is 28.8 Å². The summed E-state index contributed by atoms with van der Waals surface area (Å²) in [5, 5.41) is 8.38. The molecule has 0 aliphatic heterocycles. The first-order chi connectivity index (χ1) is 11.7. The lowest BCUT2D eigenvalue weighted by atomic mass is 10.1. The van der Waals surface area contributed by atoms with Crippen molar-refractivity contribution in [2.75, 3.05) is 0 Å². The van der Waals surface area contributed by atoms with Gasteiger partial charge in [0, 0.05) is 5.56 Å². The van der Waals surface area contributed by atoms with Crippen molar-refractivity contribution < 1.29 is 14.0 Å². The lowest BCUT2D eigenvalue weighted by Gasteiger charge is -2.03. The second kappa shape index (κ2) is 7.23. The van der Waals surface area contributed by atoms with E-state index in [1.165, 1.54) is 12.5 Å². The van der Waals surface area contributed by atoms with Crippen molar-refractivity contribution in [2.24, 2.45) is 5.10 Å². The minimum atomic E-state index is -0.835. The van der Waals surface area contributed by atoms with Crippen LogP contribution in [0.3, 0.4) is 0 Å². The Labute approximate surface area is 138 Å². The van der Waals surface area contributed by atoms with E-state index >= 15 is 0 Å². The average molecular weight is 321 g/mol. The maximum atomic E-state index is 11.7. The number of hydrogen-bond acceptors (Lipinski definition) is 4. The number of furan rings is 1. The lowest BCUT2D eigenvalue weighted by molar-refractivity contribution is -0.139. The summed E-state index contributed by atoms with van der Waals surface area (Å²) in [6.07, 6.45) is 3.01. The van der Waals surface area contributed by atoms with Crippen LogP contribution in [0.1, 0.15) is 11.3 Å². The Morgan fingerprint density at radius 2 is 1.83 bits per heavy atom. The van der Waals surface area contributed by atoms with E-state index < -0.39 is 11.8 Å². The third kappa shape index (κ3) is 3.67. The normalized spacial score (nSPS) is 10.8. The maximum absolute atomic E-state index is 11.7. The molecule has 0 spiro atoms. The zero-order chi connectivity index (χ0) is 16.8. The van der Waals surface area contributed by atoms with E-state index in [9.17, 15) is 9.59 Å². The Morgan fingerprint density at radius 3 is 2.67 bits per heavy atom. The van der Waals surface area contributed by atoms with Crippen LogP contribution in [-0.2, 0) is 16.1 Å². The molecule has 120 valence electrons. The first-order valence-electron chi connectivity index (χ1n) is 7.35. The minimum Gasteiger partial charge on any atom is -0.467 e. The highest BCUT2D eigenvalue weighted by atomic mass is 16.3. The fourth-order valence-corrected chi connectivity index (χ4v) is 2.24. The molecule has 0 aliphatic rings. The summed E-state index contributed by atoms with van der Waals surface area (Å²) in [6.45, 7) is 0.145. The van der Waals surface area contributed by atoms with Crippen molar-refractivity contribution in [3.05, 3.63) is 72.2 Å². The molecule has 0 aliphatic carbocycles. The van der Waals surface area contributed by atoms with Gasteiger partial charge in [-0.3, -0.25) is 9.59 Å². The van der Waals surface area contributed by atoms with Gasteiger partial charge in [-0.05, 0) is 22.9 Å². The van der Waals surface area contributed by atoms with Crippen LogP contribution in [0.4, 0.5) is 0 Å². The molecule has 2 amide bonds. The van der Waals surface area contributed by atoms with Crippen LogP contribution in [0.15, 0.2) is 70.4 Å². The van der Waals surface area contributed by atoms with E-state index in [1.54, 1.807) is 12.1 Å². The molecule has 0 saturated heterocycles. The van der Waals surface area contributed by atoms with Gasteiger partial charge in [-0.2, -0.15) is 5.10 Å². The Balaban J connectivity index is 1.58. The quantitative estimate of drug-likeness (QED) is 0.439. The van der Waals surface area contributed by atoms with Gasteiger partial charge < -0.3 is 9.73 Å². The summed E-state index contributed by atoms with van der Waals surface area (Å²) < 4.78 is 5.07. The Kier molecular flexibility index (Phi) is 4.67. The van der Waals surface area contributed by atoms with Gasteiger partial charge in [0.1, 0.15) is 5.76 Å². The summed E-state index contributed by atoms with van der Waals surface area (Å²) in [4.78, 5) is 23.3. The number of amides is 2. The highest BCUT2D eigenvalue weighted by molar-refractivity contribution is 6.35. The molecule has 1 heterocycles. The fourth-order valence-electron chi connectivity index (χ4n) is 2.24. The van der Waals surface area contributed by atoms with E-state index in [0.29, 0.717) is 5.76 Å². The van der Waals surface area contributed by atoms with E-state index in [0.717, 1.165) is 16.3 Å². The predicted octanol–water partition coefficient (Wildman–Crippen LogP) is 2.20. The SMILES string of the molecule is O=C(NCc1ccco1)C(=O)N/N=C/c1cccc2ccccc12. The van der Waals surface area contributed by atoms with Crippen LogP contribution in [0.5, 0.6) is 0 Å². The Morgan fingerprint density at radius 1 is 1.00 bits per heavy atom. The molecule has 0 bridgehead atoms. The van der Waals surface area contributed by atoms with E-state index in [-0.39, 0.29) is 6.54 Å². The molecular weight excluding hydrogens is 306 g/mol. The molecule has 1 aromatic heterocycles. The molecule has 6 heteroatoms. The number of nitrogens with zero attached hydrogens (tertiary/aromatic N) is 1. The monoisotopic (exact) mass is 321 g/mol. The Bertz CT molecular complexity index is 880. The smallest absolute Gasteiger partial charge is 0.329 e. The summed E-state index contributed by atoms with van der Waals surface area (Å²) >= 11 is 0. The number of carbonyl (C=O) groups excluding carboxylic acids is 2. The summed E-state index contributed by atoms with van der Waals surface area (Å²) in [6, 6.07) is 17.0. The van der Waals surface area contributed by atoms with Gasteiger partial charge >= 0.3 is 11.8 Å². The third-order valence-corrected chi connectivity index (χ3v) is 3.40. The lowest BCUT2D eigenvalue weighted by Crippen LogP contribution is -2.37. The predicted molar refractivity (Wildman–Crippen MR) is 90.2 cm³/mol. The molecule has 2 N–H and O–H groups in total. The largest absolute Gasteiger partial charge is 0.467 e. The van der Waals surface area contributed by atoms with Gasteiger partial charge in [-0.15, -0.1) is 0 Å². The second-order valence-corrected chi connectivity index (χ2v) is 5.03. The molecule has 0 atom stereocenters. The molecule has 0 unspecified atom stereocenters. The van der Waals surface area contributed by atoms with Crippen molar-refractivity contribution in [1.82, 2.24) is 10.7 Å². The van der Waals surface area contributed by atoms with Gasteiger partial charge in [0.25, 0.3) is 0 Å². The number of carbonyl (C=O) groups is 2. The molecule has 2 aromatic carbocycles. The van der Waals surface area contributed by atoms with Crippen LogP contribution < -0.4 is 10.7 Å². The number of benzene rings is 2. The third-order valence-electron chi connectivity index (χ3n) is 3.40. The van der Waals surface area contributed by atoms with E-state index in [4.69, 9.17) is 4.42 Å². The van der Waals surface area contributed by atoms with Crippen LogP contribution in [0.2, 0.25) is 0 Å². The maximum Gasteiger partial charge on any atom is 0.329 e. The van der Waals surface area contributed by atoms with Crippen molar-refractivity contribution in [1.29, 1.82) is 0 Å².